The Kier molecular flexibility index (Phi) is 3.33. The zero-order valence-electron chi connectivity index (χ0n) is 15.6. The number of hydrogen-bond acceptors (Lipinski definition) is 3. The third kappa shape index (κ3) is 2.30. The first-order valence-corrected chi connectivity index (χ1v) is 10.2. The van der Waals surface area contributed by atoms with E-state index >= 15 is 0 Å². The smallest absolute Gasteiger partial charge is 0.230 e. The number of carbonyl (C=O) groups excluding carboxylic acids is 2. The van der Waals surface area contributed by atoms with Gasteiger partial charge >= 0.3 is 0 Å². The Morgan fingerprint density at radius 1 is 1.32 bits per heavy atom. The highest BCUT2D eigenvalue weighted by Gasteiger charge is 2.66. The van der Waals surface area contributed by atoms with E-state index in [2.05, 4.69) is 22.4 Å². The molecule has 2 bridgehead atoms. The topological polar surface area (TPSA) is 74.4 Å². The first-order chi connectivity index (χ1) is 13.6. The Labute approximate surface area is 162 Å². The number of benzene rings is 1. The van der Waals surface area contributed by atoms with E-state index in [1.807, 2.05) is 35.4 Å². The number of amides is 2. The van der Waals surface area contributed by atoms with E-state index in [1.165, 1.54) is 10.9 Å². The molecule has 1 spiro atoms. The number of fused-ring (bicyclic) bond motifs is 2. The van der Waals surface area contributed by atoms with Gasteiger partial charge in [0.05, 0.1) is 24.5 Å². The second-order valence-electron chi connectivity index (χ2n) is 8.55. The fraction of sp³-hybridized carbons (Fsp3) is 0.455. The molecule has 6 heteroatoms. The summed E-state index contributed by atoms with van der Waals surface area (Å²) in [5.74, 6) is -0.737. The monoisotopic (exact) mass is 377 g/mol. The standard InChI is InChI=1S/C22H23N3O3/c26-20(24-14-5-6-14)18-17-7-9-22(28-17)12-25(21(27)19(18)22)10-8-13-11-23-16-4-2-1-3-15(13)16/h1-4,7,9,11,14,17-19,23H,5-6,8,10,12H2,(H,24,26)/t17-,18+,19+,22+/m1/s1. The van der Waals surface area contributed by atoms with Crippen LogP contribution in [0.3, 0.4) is 0 Å². The molecule has 6 nitrogen and oxygen atoms in total. The number of likely N-dealkylation sites (tertiary alicyclic amines) is 1. The first-order valence-electron chi connectivity index (χ1n) is 10.2. The van der Waals surface area contributed by atoms with Crippen LogP contribution in [-0.4, -0.2) is 52.5 Å². The van der Waals surface area contributed by atoms with E-state index in [1.54, 1.807) is 0 Å². The quantitative estimate of drug-likeness (QED) is 0.780. The van der Waals surface area contributed by atoms with Crippen LogP contribution in [0, 0.1) is 11.8 Å². The van der Waals surface area contributed by atoms with Gasteiger partial charge < -0.3 is 19.9 Å². The number of aromatic nitrogens is 1. The summed E-state index contributed by atoms with van der Waals surface area (Å²) in [6, 6.07) is 8.50. The number of rotatable bonds is 5. The molecule has 4 heterocycles. The van der Waals surface area contributed by atoms with Crippen LogP contribution >= 0.6 is 0 Å². The number of ether oxygens (including phenoxy) is 1. The van der Waals surface area contributed by atoms with Gasteiger partial charge in [0.1, 0.15) is 5.60 Å². The summed E-state index contributed by atoms with van der Waals surface area (Å²) in [5, 5.41) is 4.27. The van der Waals surface area contributed by atoms with Crippen molar-refractivity contribution in [2.45, 2.75) is 37.0 Å². The lowest BCUT2D eigenvalue weighted by Crippen LogP contribution is -2.44. The Morgan fingerprint density at radius 3 is 3.04 bits per heavy atom. The van der Waals surface area contributed by atoms with Gasteiger partial charge in [-0.1, -0.05) is 30.4 Å². The van der Waals surface area contributed by atoms with Crippen molar-refractivity contribution >= 4 is 22.7 Å². The summed E-state index contributed by atoms with van der Waals surface area (Å²) in [6.45, 7) is 1.18. The number of H-pyrrole nitrogens is 1. The van der Waals surface area contributed by atoms with Crippen molar-refractivity contribution in [1.29, 1.82) is 0 Å². The molecule has 2 aromatic rings. The zero-order valence-corrected chi connectivity index (χ0v) is 15.6. The van der Waals surface area contributed by atoms with Crippen molar-refractivity contribution < 1.29 is 14.3 Å². The Balaban J connectivity index is 1.21. The van der Waals surface area contributed by atoms with Crippen molar-refractivity contribution in [1.82, 2.24) is 15.2 Å². The third-order valence-corrected chi connectivity index (χ3v) is 6.73. The first kappa shape index (κ1) is 16.4. The molecule has 0 radical (unpaired) electrons. The van der Waals surface area contributed by atoms with Crippen LogP contribution in [0.15, 0.2) is 42.6 Å². The molecule has 28 heavy (non-hydrogen) atoms. The van der Waals surface area contributed by atoms with Gasteiger partial charge in [0.25, 0.3) is 0 Å². The predicted molar refractivity (Wildman–Crippen MR) is 103 cm³/mol. The molecule has 0 unspecified atom stereocenters. The normalized spacial score (nSPS) is 33.1. The molecule has 3 fully saturated rings. The fourth-order valence-electron chi connectivity index (χ4n) is 5.19. The number of hydrogen-bond donors (Lipinski definition) is 2. The van der Waals surface area contributed by atoms with E-state index in [4.69, 9.17) is 4.74 Å². The molecule has 2 amide bonds. The predicted octanol–water partition coefficient (Wildman–Crippen LogP) is 1.77. The van der Waals surface area contributed by atoms with Gasteiger partial charge in [0, 0.05) is 29.7 Å². The summed E-state index contributed by atoms with van der Waals surface area (Å²) in [4.78, 5) is 31.2. The molecular weight excluding hydrogens is 354 g/mol. The minimum absolute atomic E-state index is 0.0180. The van der Waals surface area contributed by atoms with Gasteiger partial charge in [-0.3, -0.25) is 9.59 Å². The number of carbonyl (C=O) groups is 2. The van der Waals surface area contributed by atoms with Gasteiger partial charge in [0.15, 0.2) is 0 Å². The van der Waals surface area contributed by atoms with Crippen molar-refractivity contribution in [3.63, 3.8) is 0 Å². The molecule has 1 aliphatic carbocycles. The van der Waals surface area contributed by atoms with Crippen LogP contribution in [0.25, 0.3) is 10.9 Å². The lowest BCUT2D eigenvalue weighted by atomic mass is 9.77. The zero-order chi connectivity index (χ0) is 18.9. The highest BCUT2D eigenvalue weighted by Crippen LogP contribution is 2.52. The number of nitrogens with one attached hydrogen (secondary N) is 2. The molecule has 1 aromatic carbocycles. The van der Waals surface area contributed by atoms with E-state index in [0.29, 0.717) is 19.1 Å². The molecule has 144 valence electrons. The van der Waals surface area contributed by atoms with Crippen LogP contribution in [0.2, 0.25) is 0 Å². The lowest BCUT2D eigenvalue weighted by Gasteiger charge is -2.23. The molecule has 2 saturated heterocycles. The van der Waals surface area contributed by atoms with E-state index in [0.717, 1.165) is 24.8 Å². The van der Waals surface area contributed by atoms with Crippen LogP contribution in [-0.2, 0) is 20.7 Å². The number of para-hydroxylation sites is 1. The van der Waals surface area contributed by atoms with Gasteiger partial charge in [-0.2, -0.15) is 0 Å². The lowest BCUT2D eigenvalue weighted by molar-refractivity contribution is -0.137. The fourth-order valence-corrected chi connectivity index (χ4v) is 5.19. The summed E-state index contributed by atoms with van der Waals surface area (Å²) in [7, 11) is 0. The molecular formula is C22H23N3O3. The van der Waals surface area contributed by atoms with Gasteiger partial charge in [0.2, 0.25) is 11.8 Å². The Bertz CT molecular complexity index is 1010. The van der Waals surface area contributed by atoms with E-state index < -0.39 is 11.5 Å². The highest BCUT2D eigenvalue weighted by atomic mass is 16.5. The molecule has 1 saturated carbocycles. The Hall–Kier alpha value is -2.60. The van der Waals surface area contributed by atoms with Crippen molar-refractivity contribution in [2.75, 3.05) is 13.1 Å². The van der Waals surface area contributed by atoms with Crippen LogP contribution < -0.4 is 5.32 Å². The Morgan fingerprint density at radius 2 is 2.18 bits per heavy atom. The summed E-state index contributed by atoms with van der Waals surface area (Å²) >= 11 is 0. The summed E-state index contributed by atoms with van der Waals surface area (Å²) in [5.41, 5.74) is 1.71. The van der Waals surface area contributed by atoms with E-state index in [9.17, 15) is 9.59 Å². The van der Waals surface area contributed by atoms with Crippen molar-refractivity contribution in [3.8, 4) is 0 Å². The molecule has 6 rings (SSSR count). The average molecular weight is 377 g/mol. The maximum atomic E-state index is 13.2. The highest BCUT2D eigenvalue weighted by molar-refractivity contribution is 5.93. The van der Waals surface area contributed by atoms with Gasteiger partial charge in [-0.25, -0.2) is 0 Å². The van der Waals surface area contributed by atoms with Crippen molar-refractivity contribution in [3.05, 3.63) is 48.2 Å². The van der Waals surface area contributed by atoms with Crippen LogP contribution in [0.1, 0.15) is 18.4 Å². The maximum Gasteiger partial charge on any atom is 0.230 e. The number of aromatic amines is 1. The second kappa shape index (κ2) is 5.70. The minimum Gasteiger partial charge on any atom is -0.361 e. The maximum absolute atomic E-state index is 13.2. The molecule has 4 aliphatic rings. The summed E-state index contributed by atoms with van der Waals surface area (Å²) in [6.07, 6.45) is 8.63. The molecule has 3 aliphatic heterocycles. The molecule has 1 aromatic heterocycles. The van der Waals surface area contributed by atoms with Crippen LogP contribution in [0.4, 0.5) is 0 Å². The summed E-state index contributed by atoms with van der Waals surface area (Å²) < 4.78 is 6.19. The second-order valence-corrected chi connectivity index (χ2v) is 8.55. The largest absolute Gasteiger partial charge is 0.361 e. The van der Waals surface area contributed by atoms with E-state index in [-0.39, 0.29) is 23.8 Å². The van der Waals surface area contributed by atoms with Gasteiger partial charge in [-0.15, -0.1) is 0 Å². The van der Waals surface area contributed by atoms with Crippen LogP contribution in [0.5, 0.6) is 0 Å². The number of nitrogens with zero attached hydrogens (tertiary/aromatic N) is 1. The van der Waals surface area contributed by atoms with Crippen molar-refractivity contribution in [2.24, 2.45) is 11.8 Å². The molecule has 4 atom stereocenters. The third-order valence-electron chi connectivity index (χ3n) is 6.73. The van der Waals surface area contributed by atoms with Gasteiger partial charge in [-0.05, 0) is 30.9 Å². The average Bonchev–Trinajstić information content (AvgIpc) is 3.06. The molecule has 2 N–H and O–H groups in total. The minimum atomic E-state index is -0.618. The SMILES string of the molecule is O=C(NC1CC1)[C@@H]1[C@H]2C(=O)N(CCc3c[nH]c4ccccc34)C[C@@]23C=C[C@H]1O3.